The molecule has 0 bridgehead atoms. The summed E-state index contributed by atoms with van der Waals surface area (Å²) in [4.78, 5) is 0.599. The van der Waals surface area contributed by atoms with Gasteiger partial charge in [0.25, 0.3) is 0 Å². The predicted octanol–water partition coefficient (Wildman–Crippen LogP) is 4.54. The van der Waals surface area contributed by atoms with Crippen molar-refractivity contribution in [3.8, 4) is 0 Å². The number of para-hydroxylation sites is 1. The number of thioether (sulfide) groups is 1. The molecule has 0 fully saturated rings. The summed E-state index contributed by atoms with van der Waals surface area (Å²) in [6, 6.07) is 13.6. The molecule has 0 spiro atoms. The smallest absolute Gasteiger partial charge is 0.321 e. The molecule has 2 aromatic rings. The highest BCUT2D eigenvalue weighted by molar-refractivity contribution is 7.98. The lowest BCUT2D eigenvalue weighted by Crippen LogP contribution is -2.23. The third-order valence-electron chi connectivity index (χ3n) is 2.91. The van der Waals surface area contributed by atoms with Crippen LogP contribution in [-0.2, 0) is 12.7 Å². The first-order valence-corrected chi connectivity index (χ1v) is 7.51. The fourth-order valence-electron chi connectivity index (χ4n) is 1.86. The van der Waals surface area contributed by atoms with E-state index in [1.807, 2.05) is 30.3 Å². The van der Waals surface area contributed by atoms with Crippen LogP contribution in [0.2, 0.25) is 0 Å². The van der Waals surface area contributed by atoms with Crippen molar-refractivity contribution in [3.63, 3.8) is 0 Å². The van der Waals surface area contributed by atoms with Crippen LogP contribution >= 0.6 is 11.8 Å². The van der Waals surface area contributed by atoms with E-state index in [1.54, 1.807) is 12.3 Å². The Morgan fingerprint density at radius 2 is 1.76 bits per heavy atom. The van der Waals surface area contributed by atoms with Gasteiger partial charge in [-0.05, 0) is 36.1 Å². The molecule has 0 aliphatic rings. The number of alkyl halides is 3. The normalized spacial score (nSPS) is 11.4. The van der Waals surface area contributed by atoms with E-state index in [0.29, 0.717) is 4.90 Å². The molecule has 2 N–H and O–H groups in total. The minimum Gasteiger partial charge on any atom is -0.321 e. The first-order valence-electron chi connectivity index (χ1n) is 6.29. The van der Waals surface area contributed by atoms with Crippen molar-refractivity contribution >= 4 is 17.4 Å². The maximum absolute atomic E-state index is 13.1. The van der Waals surface area contributed by atoms with Crippen LogP contribution in [0.15, 0.2) is 53.4 Å². The maximum Gasteiger partial charge on any atom is 0.416 e. The van der Waals surface area contributed by atoms with E-state index in [9.17, 15) is 13.2 Å². The summed E-state index contributed by atoms with van der Waals surface area (Å²) in [6.07, 6.45) is -2.60. The molecule has 0 heterocycles. The molecule has 6 heteroatoms. The monoisotopic (exact) mass is 312 g/mol. The number of hydrogen-bond donors (Lipinski definition) is 2. The quantitative estimate of drug-likeness (QED) is 0.626. The van der Waals surface area contributed by atoms with Gasteiger partial charge < -0.3 is 5.43 Å². The van der Waals surface area contributed by atoms with E-state index >= 15 is 0 Å². The Morgan fingerprint density at radius 3 is 2.38 bits per heavy atom. The molecule has 2 aromatic carbocycles. The molecule has 0 aliphatic heterocycles. The molecule has 0 saturated heterocycles. The molecule has 0 saturated carbocycles. The lowest BCUT2D eigenvalue weighted by Gasteiger charge is -2.15. The second-order valence-corrected chi connectivity index (χ2v) is 5.25. The molecule has 0 unspecified atom stereocenters. The highest BCUT2D eigenvalue weighted by Gasteiger charge is 2.33. The van der Waals surface area contributed by atoms with E-state index in [1.165, 1.54) is 23.9 Å². The molecule has 2 nitrogen and oxygen atoms in total. The molecule has 2 rings (SSSR count). The van der Waals surface area contributed by atoms with E-state index < -0.39 is 11.7 Å². The first kappa shape index (κ1) is 15.7. The van der Waals surface area contributed by atoms with Gasteiger partial charge >= 0.3 is 6.18 Å². The molecule has 0 aromatic heterocycles. The van der Waals surface area contributed by atoms with Gasteiger partial charge in [-0.1, -0.05) is 24.3 Å². The first-order chi connectivity index (χ1) is 10.0. The molecule has 0 aliphatic carbocycles. The third kappa shape index (κ3) is 4.41. The van der Waals surface area contributed by atoms with E-state index in [2.05, 4.69) is 10.9 Å². The Labute approximate surface area is 125 Å². The van der Waals surface area contributed by atoms with Crippen LogP contribution in [0.1, 0.15) is 11.1 Å². The van der Waals surface area contributed by atoms with Gasteiger partial charge in [0.05, 0.1) is 5.56 Å². The molecule has 0 amide bonds. The van der Waals surface area contributed by atoms with Crippen molar-refractivity contribution in [3.05, 3.63) is 59.7 Å². The molecule has 0 atom stereocenters. The van der Waals surface area contributed by atoms with Gasteiger partial charge in [0.2, 0.25) is 0 Å². The van der Waals surface area contributed by atoms with Crippen LogP contribution in [0, 0.1) is 0 Å². The molecular weight excluding hydrogens is 297 g/mol. The van der Waals surface area contributed by atoms with Gasteiger partial charge in [-0.15, -0.1) is 11.8 Å². The van der Waals surface area contributed by atoms with E-state index in [0.717, 1.165) is 5.69 Å². The zero-order valence-corrected chi connectivity index (χ0v) is 12.2. The Kier molecular flexibility index (Phi) is 5.14. The number of hydrogen-bond acceptors (Lipinski definition) is 3. The summed E-state index contributed by atoms with van der Waals surface area (Å²) in [6.45, 7) is 0.0817. The maximum atomic E-state index is 13.1. The lowest BCUT2D eigenvalue weighted by atomic mass is 10.1. The molecule has 0 radical (unpaired) electrons. The number of halogens is 3. The third-order valence-corrected chi connectivity index (χ3v) is 3.63. The number of benzene rings is 2. The summed E-state index contributed by atoms with van der Waals surface area (Å²) in [5.74, 6) is 0. The Balaban J connectivity index is 2.09. The molecule has 112 valence electrons. The number of nitrogens with one attached hydrogen (secondary N) is 2. The second kappa shape index (κ2) is 6.87. The summed E-state index contributed by atoms with van der Waals surface area (Å²) in [5, 5.41) is 0. The summed E-state index contributed by atoms with van der Waals surface area (Å²) in [7, 11) is 0. The Morgan fingerprint density at radius 1 is 1.05 bits per heavy atom. The van der Waals surface area contributed by atoms with Crippen molar-refractivity contribution in [1.82, 2.24) is 5.43 Å². The van der Waals surface area contributed by atoms with Gasteiger partial charge in [-0.25, -0.2) is 5.43 Å². The summed E-state index contributed by atoms with van der Waals surface area (Å²) < 4.78 is 39.2. The van der Waals surface area contributed by atoms with Crippen LogP contribution in [0.5, 0.6) is 0 Å². The minimum atomic E-state index is -4.35. The highest BCUT2D eigenvalue weighted by atomic mass is 32.2. The molecule has 21 heavy (non-hydrogen) atoms. The topological polar surface area (TPSA) is 24.1 Å². The fourth-order valence-corrected chi connectivity index (χ4v) is 2.30. The van der Waals surface area contributed by atoms with Crippen molar-refractivity contribution in [2.75, 3.05) is 11.7 Å². The number of rotatable bonds is 5. The highest BCUT2D eigenvalue weighted by Crippen LogP contribution is 2.34. The number of anilines is 1. The Bertz CT molecular complexity index is 585. The predicted molar refractivity (Wildman–Crippen MR) is 80.1 cm³/mol. The molecular formula is C15H15F3N2S. The summed E-state index contributed by atoms with van der Waals surface area (Å²) >= 11 is 1.29. The largest absolute Gasteiger partial charge is 0.416 e. The van der Waals surface area contributed by atoms with Gasteiger partial charge in [-0.3, -0.25) is 0 Å². The number of hydrazine groups is 1. The standard InChI is InChI=1S/C15H15F3N2S/c1-21-13-8-7-11(14(9-13)15(16,17)18)10-19-20-12-5-3-2-4-6-12/h2-9,19-20H,10H2,1H3. The minimum absolute atomic E-state index is 0.0817. The fraction of sp³-hybridized carbons (Fsp3) is 0.200. The lowest BCUT2D eigenvalue weighted by molar-refractivity contribution is -0.138. The van der Waals surface area contributed by atoms with Crippen LogP contribution in [0.25, 0.3) is 0 Å². The van der Waals surface area contributed by atoms with Gasteiger partial charge in [-0.2, -0.15) is 13.2 Å². The second-order valence-electron chi connectivity index (χ2n) is 4.37. The van der Waals surface area contributed by atoms with Crippen molar-refractivity contribution in [2.45, 2.75) is 17.6 Å². The van der Waals surface area contributed by atoms with Crippen LogP contribution < -0.4 is 10.9 Å². The van der Waals surface area contributed by atoms with Gasteiger partial charge in [0, 0.05) is 17.1 Å². The average Bonchev–Trinajstić information content (AvgIpc) is 2.47. The summed E-state index contributed by atoms with van der Waals surface area (Å²) in [5.41, 5.74) is 6.10. The van der Waals surface area contributed by atoms with Crippen molar-refractivity contribution in [1.29, 1.82) is 0 Å². The van der Waals surface area contributed by atoms with Crippen LogP contribution in [0.3, 0.4) is 0 Å². The zero-order valence-electron chi connectivity index (χ0n) is 11.4. The average molecular weight is 312 g/mol. The Hall–Kier alpha value is -1.66. The van der Waals surface area contributed by atoms with Crippen LogP contribution in [0.4, 0.5) is 18.9 Å². The zero-order chi connectivity index (χ0) is 15.3. The van der Waals surface area contributed by atoms with E-state index in [4.69, 9.17) is 0 Å². The van der Waals surface area contributed by atoms with E-state index in [-0.39, 0.29) is 12.1 Å². The van der Waals surface area contributed by atoms with Crippen LogP contribution in [-0.4, -0.2) is 6.26 Å². The van der Waals surface area contributed by atoms with Gasteiger partial charge in [0.15, 0.2) is 0 Å². The van der Waals surface area contributed by atoms with Crippen molar-refractivity contribution in [2.24, 2.45) is 0 Å². The van der Waals surface area contributed by atoms with Crippen molar-refractivity contribution < 1.29 is 13.2 Å². The SMILES string of the molecule is CSc1ccc(CNNc2ccccc2)c(C(F)(F)F)c1. The van der Waals surface area contributed by atoms with Gasteiger partial charge in [0.1, 0.15) is 0 Å².